The first-order valence-corrected chi connectivity index (χ1v) is 9.81. The van der Waals surface area contributed by atoms with Gasteiger partial charge >= 0.3 is 0 Å². The highest BCUT2D eigenvalue weighted by molar-refractivity contribution is 8.29. The fourth-order valence-corrected chi connectivity index (χ4v) is 6.19. The molecule has 4 nitrogen and oxygen atoms in total. The number of hydrogen-bond acceptors (Lipinski definition) is 3. The molecule has 1 aliphatic heterocycles. The average molecular weight is 329 g/mol. The van der Waals surface area contributed by atoms with Gasteiger partial charge in [0.05, 0.1) is 11.2 Å². The van der Waals surface area contributed by atoms with E-state index in [1.807, 2.05) is 12.4 Å². The minimum Gasteiger partial charge on any atom is -0.382 e. The van der Waals surface area contributed by atoms with Crippen molar-refractivity contribution >= 4 is 21.9 Å². The summed E-state index contributed by atoms with van der Waals surface area (Å²) in [5, 5.41) is 12.2. The van der Waals surface area contributed by atoms with Crippen LogP contribution >= 0.6 is 11.1 Å². The van der Waals surface area contributed by atoms with Gasteiger partial charge in [0.2, 0.25) is 0 Å². The summed E-state index contributed by atoms with van der Waals surface area (Å²) >= 11 is -0.835. The maximum absolute atomic E-state index is 11.1. The molecule has 23 heavy (non-hydrogen) atoms. The van der Waals surface area contributed by atoms with Crippen LogP contribution in [0.3, 0.4) is 0 Å². The Labute approximate surface area is 139 Å². The monoisotopic (exact) mass is 329 g/mol. The molecule has 1 fully saturated rings. The number of aromatic nitrogens is 2. The number of fused-ring (bicyclic) bond motifs is 1. The predicted octanol–water partition coefficient (Wildman–Crippen LogP) is 3.83. The highest BCUT2D eigenvalue weighted by Crippen LogP contribution is 2.49. The zero-order chi connectivity index (χ0) is 15.6. The molecule has 2 aliphatic rings. The molecule has 122 valence electrons. The van der Waals surface area contributed by atoms with Gasteiger partial charge in [-0.05, 0) is 24.3 Å². The van der Waals surface area contributed by atoms with Crippen LogP contribution in [0.2, 0.25) is 0 Å². The van der Waals surface area contributed by atoms with Crippen LogP contribution in [0.25, 0.3) is 0 Å². The molecule has 1 aromatic heterocycles. The van der Waals surface area contributed by atoms with Crippen molar-refractivity contribution in [3.8, 4) is 0 Å². The van der Waals surface area contributed by atoms with E-state index in [4.69, 9.17) is 4.99 Å². The molecule has 4 rings (SSSR count). The van der Waals surface area contributed by atoms with E-state index in [9.17, 15) is 5.11 Å². The molecule has 2 atom stereocenters. The molecular weight excluding hydrogens is 306 g/mol. The van der Waals surface area contributed by atoms with Crippen LogP contribution in [-0.2, 0) is 6.42 Å². The minimum atomic E-state index is -0.835. The van der Waals surface area contributed by atoms with Crippen LogP contribution in [0, 0.1) is 5.92 Å². The summed E-state index contributed by atoms with van der Waals surface area (Å²) in [5.41, 5.74) is 0.955. The average Bonchev–Trinajstić information content (AvgIpc) is 3.17. The van der Waals surface area contributed by atoms with Crippen molar-refractivity contribution in [2.45, 2.75) is 44.0 Å². The van der Waals surface area contributed by atoms with Crippen LogP contribution < -0.4 is 0 Å². The van der Waals surface area contributed by atoms with Crippen LogP contribution in [0.1, 0.15) is 37.7 Å². The molecule has 1 aliphatic carbocycles. The Kier molecular flexibility index (Phi) is 4.23. The largest absolute Gasteiger partial charge is 0.382 e. The van der Waals surface area contributed by atoms with Crippen LogP contribution in [0.5, 0.6) is 0 Å². The lowest BCUT2D eigenvalue weighted by molar-refractivity contribution is 0.158. The summed E-state index contributed by atoms with van der Waals surface area (Å²) in [6.45, 7) is 0. The van der Waals surface area contributed by atoms with Gasteiger partial charge in [-0.1, -0.05) is 49.6 Å². The topological polar surface area (TPSA) is 50.4 Å². The molecule has 2 heterocycles. The van der Waals surface area contributed by atoms with Gasteiger partial charge in [-0.25, -0.2) is 9.98 Å². The van der Waals surface area contributed by atoms with Crippen molar-refractivity contribution in [3.05, 3.63) is 48.4 Å². The highest BCUT2D eigenvalue weighted by atomic mass is 32.2. The van der Waals surface area contributed by atoms with Gasteiger partial charge in [-0.2, -0.15) is 0 Å². The summed E-state index contributed by atoms with van der Waals surface area (Å²) in [5.74, 6) is 1.31. The van der Waals surface area contributed by atoms with Crippen molar-refractivity contribution in [1.29, 1.82) is 0 Å². The Balaban J connectivity index is 1.60. The second kappa shape index (κ2) is 6.49. The first-order valence-electron chi connectivity index (χ1n) is 8.44. The van der Waals surface area contributed by atoms with Gasteiger partial charge in [0.25, 0.3) is 0 Å². The van der Waals surface area contributed by atoms with Crippen LogP contribution in [-0.4, -0.2) is 24.5 Å². The van der Waals surface area contributed by atoms with Crippen molar-refractivity contribution in [1.82, 2.24) is 8.96 Å². The molecule has 1 saturated carbocycles. The second-order valence-electron chi connectivity index (χ2n) is 6.44. The molecule has 0 saturated heterocycles. The van der Waals surface area contributed by atoms with Gasteiger partial charge in [0.1, 0.15) is 11.8 Å². The lowest BCUT2D eigenvalue weighted by Crippen LogP contribution is -2.27. The van der Waals surface area contributed by atoms with E-state index >= 15 is 0 Å². The van der Waals surface area contributed by atoms with E-state index in [2.05, 4.69) is 33.2 Å². The van der Waals surface area contributed by atoms with E-state index in [-0.39, 0.29) is 5.44 Å². The van der Waals surface area contributed by atoms with Gasteiger partial charge in [-0.3, -0.25) is 3.97 Å². The molecule has 0 spiro atoms. The number of aliphatic imine (C=N–C) groups is 1. The zero-order valence-electron chi connectivity index (χ0n) is 13.2. The standard InChI is InChI=1S/C18H23N3OS/c22-18(15-9-5-2-6-10-15)23-17(11-14-7-3-1-4-8-14)20-16-12-19-13-21(16)23/h1,3-4,7-8,12-13,15,18,22-23H,2,5-6,9-11H2. The fourth-order valence-electron chi connectivity index (χ4n) is 3.65. The number of aliphatic hydroxyl groups excluding tert-OH is 1. The molecule has 2 aromatic rings. The smallest absolute Gasteiger partial charge is 0.162 e. The Morgan fingerprint density at radius 1 is 1.17 bits per heavy atom. The second-order valence-corrected chi connectivity index (χ2v) is 8.61. The SMILES string of the molecule is OC(C1CCCCC1)[SH]1C(Cc2ccccc2)=Nc2cncn21. The summed E-state index contributed by atoms with van der Waals surface area (Å²) in [6, 6.07) is 10.4. The lowest BCUT2D eigenvalue weighted by atomic mass is 9.90. The maximum Gasteiger partial charge on any atom is 0.162 e. The van der Waals surface area contributed by atoms with E-state index in [0.29, 0.717) is 5.92 Å². The first-order chi connectivity index (χ1) is 11.3. The summed E-state index contributed by atoms with van der Waals surface area (Å²) in [7, 11) is 0. The number of thiol groups is 1. The first kappa shape index (κ1) is 15.0. The Morgan fingerprint density at radius 3 is 2.74 bits per heavy atom. The third-order valence-corrected chi connectivity index (χ3v) is 7.35. The van der Waals surface area contributed by atoms with Crippen molar-refractivity contribution in [2.75, 3.05) is 0 Å². The summed E-state index contributed by atoms with van der Waals surface area (Å²) < 4.78 is 2.12. The molecule has 0 radical (unpaired) electrons. The van der Waals surface area contributed by atoms with E-state index < -0.39 is 11.1 Å². The number of benzene rings is 1. The number of rotatable bonds is 4. The van der Waals surface area contributed by atoms with Crippen LogP contribution in [0.15, 0.2) is 47.8 Å². The maximum atomic E-state index is 11.1. The molecule has 5 heteroatoms. The van der Waals surface area contributed by atoms with Crippen LogP contribution in [0.4, 0.5) is 5.82 Å². The number of hydrogen-bond donors (Lipinski definition) is 2. The Bertz CT molecular complexity index is 691. The summed E-state index contributed by atoms with van der Waals surface area (Å²) in [4.78, 5) is 9.01. The molecule has 1 aromatic carbocycles. The number of nitrogens with zero attached hydrogens (tertiary/aromatic N) is 3. The highest BCUT2D eigenvalue weighted by Gasteiger charge is 2.34. The van der Waals surface area contributed by atoms with Crippen molar-refractivity contribution in [3.63, 3.8) is 0 Å². The van der Waals surface area contributed by atoms with Gasteiger partial charge in [-0.15, -0.1) is 11.1 Å². The molecule has 0 amide bonds. The third-order valence-electron chi connectivity index (χ3n) is 4.87. The predicted molar refractivity (Wildman–Crippen MR) is 96.4 cm³/mol. The van der Waals surface area contributed by atoms with Crippen molar-refractivity contribution < 1.29 is 5.11 Å². The zero-order valence-corrected chi connectivity index (χ0v) is 14.1. The number of aliphatic hydroxyl groups is 1. The lowest BCUT2D eigenvalue weighted by Gasteiger charge is -2.34. The van der Waals surface area contributed by atoms with Gasteiger partial charge in [0.15, 0.2) is 5.82 Å². The van der Waals surface area contributed by atoms with Gasteiger partial charge < -0.3 is 5.11 Å². The Morgan fingerprint density at radius 2 is 1.96 bits per heavy atom. The summed E-state index contributed by atoms with van der Waals surface area (Å²) in [6.07, 6.45) is 10.5. The van der Waals surface area contributed by atoms with E-state index in [1.165, 1.54) is 24.8 Å². The third kappa shape index (κ3) is 2.95. The fraction of sp³-hybridized carbons (Fsp3) is 0.444. The molecule has 2 unspecified atom stereocenters. The number of imidazole rings is 1. The van der Waals surface area contributed by atoms with Gasteiger partial charge in [0, 0.05) is 6.42 Å². The molecular formula is C18H23N3OS. The van der Waals surface area contributed by atoms with E-state index in [1.54, 1.807) is 6.20 Å². The van der Waals surface area contributed by atoms with Crippen molar-refractivity contribution in [2.24, 2.45) is 10.9 Å². The molecule has 1 N–H and O–H groups in total. The van der Waals surface area contributed by atoms with E-state index in [0.717, 1.165) is 30.1 Å². The minimum absolute atomic E-state index is 0.303. The molecule has 0 bridgehead atoms. The Hall–Kier alpha value is -1.59. The quantitative estimate of drug-likeness (QED) is 0.838. The normalized spacial score (nSPS) is 24.2.